The van der Waals surface area contributed by atoms with Crippen molar-refractivity contribution in [3.05, 3.63) is 40.6 Å². The molecule has 0 unspecified atom stereocenters. The van der Waals surface area contributed by atoms with Gasteiger partial charge in [0.2, 0.25) is 11.6 Å². The van der Waals surface area contributed by atoms with E-state index in [1.54, 1.807) is 25.1 Å². The van der Waals surface area contributed by atoms with E-state index in [1.807, 2.05) is 0 Å². The lowest BCUT2D eigenvalue weighted by Gasteiger charge is -2.16. The molecule has 0 aliphatic heterocycles. The zero-order valence-electron chi connectivity index (χ0n) is 16.8. The minimum atomic E-state index is -0.977. The number of methoxy groups -OCH3 is 2. The first-order chi connectivity index (χ1) is 14.4. The number of ether oxygens (including phenoxy) is 3. The summed E-state index contributed by atoms with van der Waals surface area (Å²) in [5, 5.41) is 6.11. The lowest BCUT2D eigenvalue weighted by molar-refractivity contribution is -0.118. The molecular formula is C19H20N4O7. The maximum absolute atomic E-state index is 12.9. The summed E-state index contributed by atoms with van der Waals surface area (Å²) in [5.74, 6) is -0.395. The van der Waals surface area contributed by atoms with E-state index in [1.165, 1.54) is 21.1 Å². The number of fused-ring (bicyclic) bond motifs is 1. The Bertz CT molecular complexity index is 1150. The highest BCUT2D eigenvalue weighted by molar-refractivity contribution is 6.00. The molecule has 0 radical (unpaired) electrons. The Morgan fingerprint density at radius 1 is 1.27 bits per heavy atom. The summed E-state index contributed by atoms with van der Waals surface area (Å²) in [6.45, 7) is 3.23. The van der Waals surface area contributed by atoms with E-state index in [2.05, 4.69) is 15.5 Å². The molecule has 0 aliphatic carbocycles. The molecule has 30 heavy (non-hydrogen) atoms. The van der Waals surface area contributed by atoms with E-state index in [0.717, 1.165) is 10.9 Å². The van der Waals surface area contributed by atoms with E-state index in [-0.39, 0.29) is 23.4 Å². The third-order valence-corrected chi connectivity index (χ3v) is 4.35. The molecule has 158 valence electrons. The van der Waals surface area contributed by atoms with Gasteiger partial charge in [-0.1, -0.05) is 5.16 Å². The average Bonchev–Trinajstić information content (AvgIpc) is 3.19. The Morgan fingerprint density at radius 3 is 2.70 bits per heavy atom. The first kappa shape index (κ1) is 20.8. The Kier molecular flexibility index (Phi) is 6.00. The quantitative estimate of drug-likeness (QED) is 0.572. The standard InChI is InChI=1S/C19H20N4O7/c1-5-29-19(26)15-14-17(30-22-15)20-9-23(18(14)25)10(2)16(24)21-12-8-11(27-3)6-7-13(12)28-4/h6-10H,5H2,1-4H3,(H,21,24)/t10-/m0/s1. The lowest BCUT2D eigenvalue weighted by Crippen LogP contribution is -2.32. The van der Waals surface area contributed by atoms with Gasteiger partial charge in [-0.3, -0.25) is 14.2 Å². The predicted molar refractivity (Wildman–Crippen MR) is 105 cm³/mol. The van der Waals surface area contributed by atoms with Crippen LogP contribution in [0.1, 0.15) is 30.4 Å². The Balaban J connectivity index is 1.95. The minimum absolute atomic E-state index is 0.100. The van der Waals surface area contributed by atoms with E-state index in [4.69, 9.17) is 18.7 Å². The molecule has 2 aromatic heterocycles. The number of hydrogen-bond acceptors (Lipinski definition) is 9. The van der Waals surface area contributed by atoms with Crippen molar-refractivity contribution in [3.63, 3.8) is 0 Å². The van der Waals surface area contributed by atoms with E-state index in [0.29, 0.717) is 17.2 Å². The van der Waals surface area contributed by atoms with Crippen LogP contribution >= 0.6 is 0 Å². The van der Waals surface area contributed by atoms with Gasteiger partial charge in [-0.25, -0.2) is 9.78 Å². The van der Waals surface area contributed by atoms with Crippen molar-refractivity contribution in [2.75, 3.05) is 26.1 Å². The van der Waals surface area contributed by atoms with Crippen LogP contribution in [-0.4, -0.2) is 47.4 Å². The lowest BCUT2D eigenvalue weighted by atomic mass is 10.2. The van der Waals surface area contributed by atoms with Gasteiger partial charge in [-0.15, -0.1) is 0 Å². The maximum Gasteiger partial charge on any atom is 0.361 e. The van der Waals surface area contributed by atoms with Crippen LogP contribution in [0.5, 0.6) is 11.5 Å². The highest BCUT2D eigenvalue weighted by Gasteiger charge is 2.25. The molecule has 11 nitrogen and oxygen atoms in total. The molecule has 0 saturated carbocycles. The van der Waals surface area contributed by atoms with E-state index >= 15 is 0 Å². The number of benzene rings is 1. The number of anilines is 1. The van der Waals surface area contributed by atoms with E-state index in [9.17, 15) is 14.4 Å². The number of carbonyl (C=O) groups is 2. The molecule has 3 aromatic rings. The number of nitrogens with zero attached hydrogens (tertiary/aromatic N) is 3. The SMILES string of the molecule is CCOC(=O)c1noc2ncn([C@@H](C)C(=O)Nc3cc(OC)ccc3OC)c(=O)c12. The van der Waals surface area contributed by atoms with Crippen molar-refractivity contribution >= 4 is 28.7 Å². The first-order valence-electron chi connectivity index (χ1n) is 8.97. The second kappa shape index (κ2) is 8.64. The number of esters is 1. The molecule has 3 rings (SSSR count). The van der Waals surface area contributed by atoms with Crippen molar-refractivity contribution in [3.8, 4) is 11.5 Å². The van der Waals surface area contributed by atoms with Crippen molar-refractivity contribution in [2.45, 2.75) is 19.9 Å². The van der Waals surface area contributed by atoms with Gasteiger partial charge in [0.15, 0.2) is 0 Å². The first-order valence-corrected chi connectivity index (χ1v) is 8.97. The van der Waals surface area contributed by atoms with Crippen molar-refractivity contribution < 1.29 is 28.3 Å². The highest BCUT2D eigenvalue weighted by atomic mass is 16.5. The van der Waals surface area contributed by atoms with Crippen LogP contribution in [0.3, 0.4) is 0 Å². The third kappa shape index (κ3) is 3.81. The maximum atomic E-state index is 12.9. The fourth-order valence-electron chi connectivity index (χ4n) is 2.75. The van der Waals surface area contributed by atoms with E-state index < -0.39 is 23.5 Å². The number of nitrogens with one attached hydrogen (secondary N) is 1. The molecule has 0 spiro atoms. The van der Waals surface area contributed by atoms with Crippen LogP contribution in [0.4, 0.5) is 5.69 Å². The smallest absolute Gasteiger partial charge is 0.361 e. The highest BCUT2D eigenvalue weighted by Crippen LogP contribution is 2.29. The van der Waals surface area contributed by atoms with Crippen LogP contribution < -0.4 is 20.3 Å². The molecule has 0 bridgehead atoms. The molecule has 1 atom stereocenters. The van der Waals surface area contributed by atoms with Crippen LogP contribution in [-0.2, 0) is 9.53 Å². The van der Waals surface area contributed by atoms with Crippen LogP contribution in [0.25, 0.3) is 11.1 Å². The second-order valence-electron chi connectivity index (χ2n) is 6.12. The second-order valence-corrected chi connectivity index (χ2v) is 6.12. The zero-order chi connectivity index (χ0) is 21.8. The normalized spacial score (nSPS) is 11.7. The summed E-state index contributed by atoms with van der Waals surface area (Å²) in [4.78, 5) is 41.7. The van der Waals surface area contributed by atoms with Gasteiger partial charge in [0.25, 0.3) is 11.3 Å². The van der Waals surface area contributed by atoms with Gasteiger partial charge in [-0.2, -0.15) is 0 Å². The number of rotatable bonds is 7. The van der Waals surface area contributed by atoms with Crippen LogP contribution in [0.15, 0.2) is 33.8 Å². The Morgan fingerprint density at radius 2 is 2.03 bits per heavy atom. The molecule has 0 saturated heterocycles. The fourth-order valence-corrected chi connectivity index (χ4v) is 2.75. The van der Waals surface area contributed by atoms with Gasteiger partial charge in [-0.05, 0) is 26.0 Å². The largest absolute Gasteiger partial charge is 0.497 e. The molecule has 1 aromatic carbocycles. The number of hydrogen-bond donors (Lipinski definition) is 1. The molecule has 1 N–H and O–H groups in total. The molecule has 11 heteroatoms. The minimum Gasteiger partial charge on any atom is -0.497 e. The van der Waals surface area contributed by atoms with Gasteiger partial charge < -0.3 is 24.1 Å². The molecule has 1 amide bonds. The summed E-state index contributed by atoms with van der Waals surface area (Å²) >= 11 is 0. The van der Waals surface area contributed by atoms with Crippen molar-refractivity contribution in [1.29, 1.82) is 0 Å². The topological polar surface area (TPSA) is 135 Å². The Hall–Kier alpha value is -3.89. The summed E-state index contributed by atoms with van der Waals surface area (Å²) in [6, 6.07) is 3.94. The Labute approximate surface area is 170 Å². The van der Waals surface area contributed by atoms with Gasteiger partial charge >= 0.3 is 5.97 Å². The summed E-state index contributed by atoms with van der Waals surface area (Å²) in [6.07, 6.45) is 1.15. The monoisotopic (exact) mass is 416 g/mol. The fraction of sp³-hybridized carbons (Fsp3) is 0.316. The molecular weight excluding hydrogens is 396 g/mol. The summed E-state index contributed by atoms with van der Waals surface area (Å²) in [5.41, 5.74) is -0.709. The van der Waals surface area contributed by atoms with Crippen LogP contribution in [0.2, 0.25) is 0 Å². The van der Waals surface area contributed by atoms with Crippen molar-refractivity contribution in [1.82, 2.24) is 14.7 Å². The summed E-state index contributed by atoms with van der Waals surface area (Å²) < 4.78 is 21.3. The summed E-state index contributed by atoms with van der Waals surface area (Å²) in [7, 11) is 2.96. The number of amides is 1. The zero-order valence-corrected chi connectivity index (χ0v) is 16.8. The number of aromatic nitrogens is 3. The van der Waals surface area contributed by atoms with Crippen LogP contribution in [0, 0.1) is 0 Å². The van der Waals surface area contributed by atoms with Crippen molar-refractivity contribution in [2.24, 2.45) is 0 Å². The van der Waals surface area contributed by atoms with Gasteiger partial charge in [0, 0.05) is 6.07 Å². The molecule has 2 heterocycles. The van der Waals surface area contributed by atoms with Gasteiger partial charge in [0.05, 0.1) is 26.5 Å². The van der Waals surface area contributed by atoms with Gasteiger partial charge in [0.1, 0.15) is 29.3 Å². The average molecular weight is 416 g/mol. The molecule has 0 fully saturated rings. The third-order valence-electron chi connectivity index (χ3n) is 4.35. The number of carbonyl (C=O) groups excluding carboxylic acids is 2. The molecule has 0 aliphatic rings. The predicted octanol–water partition coefficient (Wildman–Crippen LogP) is 1.78.